The maximum atomic E-state index is 8.71. The Morgan fingerprint density at radius 3 is 2.86 bits per heavy atom. The SMILES string of the molecule is Cc1ncnc(N2CCNC[C@@H]2C)c1C(=N)C1CCOCC1. The van der Waals surface area contributed by atoms with Crippen LogP contribution in [-0.4, -0.2) is 54.6 Å². The Balaban J connectivity index is 1.93. The van der Waals surface area contributed by atoms with Crippen molar-refractivity contribution >= 4 is 11.5 Å². The second-order valence-electron chi connectivity index (χ2n) is 6.20. The Morgan fingerprint density at radius 2 is 2.14 bits per heavy atom. The average molecular weight is 303 g/mol. The van der Waals surface area contributed by atoms with Crippen LogP contribution in [0.3, 0.4) is 0 Å². The number of ether oxygens (including phenoxy) is 1. The van der Waals surface area contributed by atoms with Gasteiger partial charge in [-0.3, -0.25) is 0 Å². The number of piperazine rings is 1. The number of hydrogen-bond donors (Lipinski definition) is 2. The highest BCUT2D eigenvalue weighted by molar-refractivity contribution is 6.04. The average Bonchev–Trinajstić information content (AvgIpc) is 2.55. The van der Waals surface area contributed by atoms with Crippen molar-refractivity contribution in [2.24, 2.45) is 5.92 Å². The van der Waals surface area contributed by atoms with Crippen molar-refractivity contribution in [3.63, 3.8) is 0 Å². The number of hydrogen-bond acceptors (Lipinski definition) is 6. The molecule has 1 aromatic rings. The predicted molar refractivity (Wildman–Crippen MR) is 86.8 cm³/mol. The van der Waals surface area contributed by atoms with Gasteiger partial charge in [-0.05, 0) is 26.7 Å². The van der Waals surface area contributed by atoms with Crippen molar-refractivity contribution in [1.82, 2.24) is 15.3 Å². The minimum Gasteiger partial charge on any atom is -0.381 e. The van der Waals surface area contributed by atoms with Crippen molar-refractivity contribution in [2.45, 2.75) is 32.7 Å². The van der Waals surface area contributed by atoms with Crippen molar-refractivity contribution in [2.75, 3.05) is 37.7 Å². The first-order chi connectivity index (χ1) is 10.7. The van der Waals surface area contributed by atoms with Gasteiger partial charge in [0.05, 0.1) is 11.3 Å². The van der Waals surface area contributed by atoms with Crippen LogP contribution in [0.5, 0.6) is 0 Å². The number of nitrogens with zero attached hydrogens (tertiary/aromatic N) is 3. The van der Waals surface area contributed by atoms with E-state index < -0.39 is 0 Å². The van der Waals surface area contributed by atoms with Crippen LogP contribution in [0, 0.1) is 18.3 Å². The molecule has 2 aliphatic heterocycles. The molecule has 22 heavy (non-hydrogen) atoms. The summed E-state index contributed by atoms with van der Waals surface area (Å²) in [5, 5.41) is 12.1. The quantitative estimate of drug-likeness (QED) is 0.825. The molecule has 2 aliphatic rings. The lowest BCUT2D eigenvalue weighted by molar-refractivity contribution is 0.0827. The van der Waals surface area contributed by atoms with Crippen LogP contribution in [-0.2, 0) is 4.74 Å². The van der Waals surface area contributed by atoms with Gasteiger partial charge in [0.1, 0.15) is 12.1 Å². The molecular formula is C16H25N5O. The van der Waals surface area contributed by atoms with Crippen LogP contribution in [0.2, 0.25) is 0 Å². The van der Waals surface area contributed by atoms with Gasteiger partial charge in [0.25, 0.3) is 0 Å². The zero-order valence-corrected chi connectivity index (χ0v) is 13.4. The largest absolute Gasteiger partial charge is 0.381 e. The zero-order valence-electron chi connectivity index (χ0n) is 13.4. The maximum Gasteiger partial charge on any atom is 0.141 e. The van der Waals surface area contributed by atoms with Crippen LogP contribution < -0.4 is 10.2 Å². The van der Waals surface area contributed by atoms with E-state index in [0.717, 1.165) is 62.8 Å². The first-order valence-electron chi connectivity index (χ1n) is 8.14. The lowest BCUT2D eigenvalue weighted by Gasteiger charge is -2.36. The monoisotopic (exact) mass is 303 g/mol. The standard InChI is InChI=1S/C16H25N5O/c1-11-9-18-5-6-21(11)16-14(12(2)19-10-20-16)15(17)13-3-7-22-8-4-13/h10-11,13,17-18H,3-9H2,1-2H3/t11-/m0/s1. The number of aryl methyl sites for hydroxylation is 1. The molecule has 2 saturated heterocycles. The molecule has 2 N–H and O–H groups in total. The predicted octanol–water partition coefficient (Wildman–Crippen LogP) is 1.38. The Bertz CT molecular complexity index is 541. The summed E-state index contributed by atoms with van der Waals surface area (Å²) in [4.78, 5) is 11.2. The van der Waals surface area contributed by atoms with Gasteiger partial charge in [0.2, 0.25) is 0 Å². The number of rotatable bonds is 3. The highest BCUT2D eigenvalue weighted by atomic mass is 16.5. The molecule has 1 aromatic heterocycles. The van der Waals surface area contributed by atoms with Gasteiger partial charge < -0.3 is 20.4 Å². The van der Waals surface area contributed by atoms with Crippen molar-refractivity contribution in [3.8, 4) is 0 Å². The summed E-state index contributed by atoms with van der Waals surface area (Å²) in [5.74, 6) is 1.19. The van der Waals surface area contributed by atoms with Crippen LogP contribution in [0.15, 0.2) is 6.33 Å². The van der Waals surface area contributed by atoms with E-state index in [-0.39, 0.29) is 5.92 Å². The third-order valence-corrected chi connectivity index (χ3v) is 4.69. The summed E-state index contributed by atoms with van der Waals surface area (Å²) in [6, 6.07) is 0.379. The molecule has 3 heterocycles. The summed E-state index contributed by atoms with van der Waals surface area (Å²) in [6.07, 6.45) is 3.47. The molecule has 0 unspecified atom stereocenters. The molecule has 1 atom stereocenters. The normalized spacial score (nSPS) is 23.5. The van der Waals surface area contributed by atoms with Gasteiger partial charge in [-0.2, -0.15) is 0 Å². The molecule has 0 radical (unpaired) electrons. The fraction of sp³-hybridized carbons (Fsp3) is 0.688. The molecule has 0 aromatic carbocycles. The molecule has 0 amide bonds. The Kier molecular flexibility index (Phi) is 4.69. The highest BCUT2D eigenvalue weighted by Crippen LogP contribution is 2.28. The lowest BCUT2D eigenvalue weighted by Crippen LogP contribution is -2.50. The summed E-state index contributed by atoms with van der Waals surface area (Å²) < 4.78 is 5.43. The molecule has 0 aliphatic carbocycles. The Labute approximate surface area is 131 Å². The van der Waals surface area contributed by atoms with E-state index in [0.29, 0.717) is 11.8 Å². The number of nitrogens with one attached hydrogen (secondary N) is 2. The molecule has 120 valence electrons. The van der Waals surface area contributed by atoms with Gasteiger partial charge in [0.15, 0.2) is 0 Å². The molecule has 2 fully saturated rings. The van der Waals surface area contributed by atoms with Crippen molar-refractivity contribution < 1.29 is 4.74 Å². The van der Waals surface area contributed by atoms with Crippen LogP contribution in [0.25, 0.3) is 0 Å². The van der Waals surface area contributed by atoms with Crippen LogP contribution in [0.4, 0.5) is 5.82 Å². The highest BCUT2D eigenvalue weighted by Gasteiger charge is 2.28. The molecule has 3 rings (SSSR count). The number of anilines is 1. The van der Waals surface area contributed by atoms with E-state index in [1.807, 2.05) is 6.92 Å². The fourth-order valence-corrected chi connectivity index (χ4v) is 3.34. The second-order valence-corrected chi connectivity index (χ2v) is 6.20. The van der Waals surface area contributed by atoms with E-state index in [4.69, 9.17) is 10.1 Å². The smallest absolute Gasteiger partial charge is 0.141 e. The van der Waals surface area contributed by atoms with E-state index in [1.54, 1.807) is 6.33 Å². The van der Waals surface area contributed by atoms with Crippen LogP contribution in [0.1, 0.15) is 31.0 Å². The van der Waals surface area contributed by atoms with E-state index in [1.165, 1.54) is 0 Å². The van der Waals surface area contributed by atoms with Crippen molar-refractivity contribution in [1.29, 1.82) is 5.41 Å². The summed E-state index contributed by atoms with van der Waals surface area (Å²) in [7, 11) is 0. The minimum absolute atomic E-state index is 0.260. The van der Waals surface area contributed by atoms with E-state index in [2.05, 4.69) is 27.1 Å². The summed E-state index contributed by atoms with van der Waals surface area (Å²) >= 11 is 0. The van der Waals surface area contributed by atoms with Gasteiger partial charge >= 0.3 is 0 Å². The Morgan fingerprint density at radius 1 is 1.36 bits per heavy atom. The molecular weight excluding hydrogens is 278 g/mol. The number of aromatic nitrogens is 2. The molecule has 0 saturated carbocycles. The minimum atomic E-state index is 0.260. The van der Waals surface area contributed by atoms with Gasteiger partial charge in [-0.15, -0.1) is 0 Å². The van der Waals surface area contributed by atoms with E-state index in [9.17, 15) is 0 Å². The topological polar surface area (TPSA) is 74.1 Å². The summed E-state index contributed by atoms with van der Waals surface area (Å²) in [5.41, 5.74) is 2.53. The molecule has 6 nitrogen and oxygen atoms in total. The van der Waals surface area contributed by atoms with Crippen LogP contribution >= 0.6 is 0 Å². The lowest BCUT2D eigenvalue weighted by atomic mass is 9.89. The summed E-state index contributed by atoms with van der Waals surface area (Å²) in [6.45, 7) is 8.52. The van der Waals surface area contributed by atoms with Gasteiger partial charge in [-0.1, -0.05) is 0 Å². The third-order valence-electron chi connectivity index (χ3n) is 4.69. The maximum absolute atomic E-state index is 8.71. The van der Waals surface area contributed by atoms with Gasteiger partial charge in [-0.25, -0.2) is 9.97 Å². The fourth-order valence-electron chi connectivity index (χ4n) is 3.34. The second kappa shape index (κ2) is 6.71. The molecule has 0 spiro atoms. The molecule has 0 bridgehead atoms. The van der Waals surface area contributed by atoms with Gasteiger partial charge in [0, 0.05) is 50.5 Å². The third kappa shape index (κ3) is 2.98. The zero-order chi connectivity index (χ0) is 15.5. The first-order valence-corrected chi connectivity index (χ1v) is 8.14. The Hall–Kier alpha value is -1.53. The van der Waals surface area contributed by atoms with E-state index >= 15 is 0 Å². The van der Waals surface area contributed by atoms with Crippen molar-refractivity contribution in [3.05, 3.63) is 17.6 Å². The molecule has 6 heteroatoms. The first kappa shape index (κ1) is 15.4.